The van der Waals surface area contributed by atoms with E-state index >= 15 is 0 Å². The quantitative estimate of drug-likeness (QED) is 0.221. The average Bonchev–Trinajstić information content (AvgIpc) is 2.82. The van der Waals surface area contributed by atoms with Crippen LogP contribution in [-0.2, 0) is 4.74 Å². The van der Waals surface area contributed by atoms with Gasteiger partial charge >= 0.3 is 0 Å². The van der Waals surface area contributed by atoms with Gasteiger partial charge in [-0.05, 0) is 34.4 Å². The standard InChI is InChI=1S/C28H24Br2O/c29-27-17-9-7-15-23(27)25(21-11-3-1-4-12-21)19-31-20-26(22-13-5-2-6-14-22)24-16-8-10-18-28(24)30/h1-18,25-26H,19-20H2. The highest BCUT2D eigenvalue weighted by molar-refractivity contribution is 9.10. The van der Waals surface area contributed by atoms with Crippen LogP contribution in [0.1, 0.15) is 34.1 Å². The van der Waals surface area contributed by atoms with Gasteiger partial charge in [-0.2, -0.15) is 0 Å². The molecule has 4 aromatic rings. The molecule has 2 atom stereocenters. The topological polar surface area (TPSA) is 9.23 Å². The van der Waals surface area contributed by atoms with Crippen molar-refractivity contribution in [2.75, 3.05) is 13.2 Å². The molecule has 0 bridgehead atoms. The van der Waals surface area contributed by atoms with Gasteiger partial charge in [0.1, 0.15) is 0 Å². The molecule has 2 unspecified atom stereocenters. The second-order valence-electron chi connectivity index (χ2n) is 7.51. The van der Waals surface area contributed by atoms with E-state index in [-0.39, 0.29) is 11.8 Å². The number of rotatable bonds is 8. The lowest BCUT2D eigenvalue weighted by molar-refractivity contribution is 0.120. The van der Waals surface area contributed by atoms with E-state index in [0.717, 1.165) is 8.95 Å². The van der Waals surface area contributed by atoms with Gasteiger partial charge in [-0.1, -0.05) is 129 Å². The zero-order chi connectivity index (χ0) is 21.5. The van der Waals surface area contributed by atoms with Crippen molar-refractivity contribution >= 4 is 31.9 Å². The van der Waals surface area contributed by atoms with E-state index in [9.17, 15) is 0 Å². The Balaban J connectivity index is 1.59. The van der Waals surface area contributed by atoms with Crippen molar-refractivity contribution in [3.8, 4) is 0 Å². The molecule has 0 aliphatic rings. The highest BCUT2D eigenvalue weighted by Crippen LogP contribution is 2.33. The van der Waals surface area contributed by atoms with Gasteiger partial charge in [0.25, 0.3) is 0 Å². The maximum atomic E-state index is 6.44. The molecule has 0 amide bonds. The molecule has 0 radical (unpaired) electrons. The van der Waals surface area contributed by atoms with Gasteiger partial charge in [0.2, 0.25) is 0 Å². The fourth-order valence-electron chi connectivity index (χ4n) is 3.92. The summed E-state index contributed by atoms with van der Waals surface area (Å²) in [5, 5.41) is 0. The van der Waals surface area contributed by atoms with Crippen molar-refractivity contribution < 1.29 is 4.74 Å². The summed E-state index contributed by atoms with van der Waals surface area (Å²) in [5.41, 5.74) is 5.00. The SMILES string of the molecule is Brc1ccccc1C(COCC(c1ccccc1)c1ccccc1Br)c1ccccc1. The maximum absolute atomic E-state index is 6.44. The van der Waals surface area contributed by atoms with Crippen LogP contribution in [0.2, 0.25) is 0 Å². The molecule has 4 rings (SSSR count). The molecule has 0 aromatic heterocycles. The van der Waals surface area contributed by atoms with Gasteiger partial charge in [0.05, 0.1) is 13.2 Å². The van der Waals surface area contributed by atoms with Crippen LogP contribution in [-0.4, -0.2) is 13.2 Å². The van der Waals surface area contributed by atoms with Crippen LogP contribution in [0, 0.1) is 0 Å². The van der Waals surface area contributed by atoms with Crippen LogP contribution in [0.25, 0.3) is 0 Å². The van der Waals surface area contributed by atoms with Crippen LogP contribution < -0.4 is 0 Å². The Bertz CT molecular complexity index is 1010. The van der Waals surface area contributed by atoms with E-state index in [1.165, 1.54) is 22.3 Å². The molecule has 0 N–H and O–H groups in total. The molecule has 4 aromatic carbocycles. The highest BCUT2D eigenvalue weighted by Gasteiger charge is 2.20. The molecule has 0 fully saturated rings. The predicted octanol–water partition coefficient (Wildman–Crippen LogP) is 8.19. The molecule has 0 saturated heterocycles. The van der Waals surface area contributed by atoms with Gasteiger partial charge < -0.3 is 4.74 Å². The van der Waals surface area contributed by atoms with Crippen LogP contribution in [0.15, 0.2) is 118 Å². The first kappa shape index (κ1) is 22.0. The summed E-state index contributed by atoms with van der Waals surface area (Å²) in [5.74, 6) is 0.319. The van der Waals surface area contributed by atoms with Gasteiger partial charge in [-0.15, -0.1) is 0 Å². The van der Waals surface area contributed by atoms with Crippen LogP contribution in [0.5, 0.6) is 0 Å². The molecule has 3 heteroatoms. The minimum Gasteiger partial charge on any atom is -0.379 e. The zero-order valence-electron chi connectivity index (χ0n) is 17.1. The Morgan fingerprint density at radius 2 is 0.839 bits per heavy atom. The molecule has 0 heterocycles. The van der Waals surface area contributed by atoms with Gasteiger partial charge in [0, 0.05) is 20.8 Å². The molecule has 156 valence electrons. The van der Waals surface area contributed by atoms with E-state index in [0.29, 0.717) is 13.2 Å². The monoisotopic (exact) mass is 534 g/mol. The second-order valence-corrected chi connectivity index (χ2v) is 9.22. The fraction of sp³-hybridized carbons (Fsp3) is 0.143. The first-order valence-electron chi connectivity index (χ1n) is 10.4. The molecule has 0 saturated carbocycles. The van der Waals surface area contributed by atoms with Crippen molar-refractivity contribution in [1.82, 2.24) is 0 Å². The number of hydrogen-bond donors (Lipinski definition) is 0. The molecular formula is C28H24Br2O. The number of benzene rings is 4. The number of halogens is 2. The van der Waals surface area contributed by atoms with E-state index in [4.69, 9.17) is 4.74 Å². The minimum absolute atomic E-state index is 0.160. The summed E-state index contributed by atoms with van der Waals surface area (Å²) >= 11 is 7.47. The van der Waals surface area contributed by atoms with E-state index in [1.54, 1.807) is 0 Å². The van der Waals surface area contributed by atoms with Gasteiger partial charge in [0.15, 0.2) is 0 Å². The third-order valence-electron chi connectivity index (χ3n) is 5.53. The predicted molar refractivity (Wildman–Crippen MR) is 136 cm³/mol. The summed E-state index contributed by atoms with van der Waals surface area (Å²) < 4.78 is 8.66. The largest absolute Gasteiger partial charge is 0.379 e. The normalized spacial score (nSPS) is 13.0. The number of hydrogen-bond acceptors (Lipinski definition) is 1. The third-order valence-corrected chi connectivity index (χ3v) is 6.98. The summed E-state index contributed by atoms with van der Waals surface area (Å²) in [7, 11) is 0. The van der Waals surface area contributed by atoms with Crippen LogP contribution >= 0.6 is 31.9 Å². The van der Waals surface area contributed by atoms with E-state index in [1.807, 2.05) is 0 Å². The third kappa shape index (κ3) is 5.54. The molecule has 0 aliphatic carbocycles. The highest BCUT2D eigenvalue weighted by atomic mass is 79.9. The summed E-state index contributed by atoms with van der Waals surface area (Å²) in [6.07, 6.45) is 0. The summed E-state index contributed by atoms with van der Waals surface area (Å²) in [4.78, 5) is 0. The molecule has 0 aliphatic heterocycles. The molecule has 0 spiro atoms. The van der Waals surface area contributed by atoms with Crippen LogP contribution in [0.4, 0.5) is 0 Å². The van der Waals surface area contributed by atoms with Gasteiger partial charge in [-0.25, -0.2) is 0 Å². The van der Waals surface area contributed by atoms with Crippen LogP contribution in [0.3, 0.4) is 0 Å². The fourth-order valence-corrected chi connectivity index (χ4v) is 5.04. The lowest BCUT2D eigenvalue weighted by atomic mass is 9.91. The second kappa shape index (κ2) is 10.9. The lowest BCUT2D eigenvalue weighted by Crippen LogP contribution is -2.16. The smallest absolute Gasteiger partial charge is 0.0576 e. The van der Waals surface area contributed by atoms with Crippen molar-refractivity contribution in [1.29, 1.82) is 0 Å². The first-order valence-corrected chi connectivity index (χ1v) is 12.0. The molecular weight excluding hydrogens is 512 g/mol. The Morgan fingerprint density at radius 1 is 0.484 bits per heavy atom. The molecule has 31 heavy (non-hydrogen) atoms. The van der Waals surface area contributed by atoms with E-state index in [2.05, 4.69) is 141 Å². The van der Waals surface area contributed by atoms with E-state index < -0.39 is 0 Å². The van der Waals surface area contributed by atoms with Gasteiger partial charge in [-0.3, -0.25) is 0 Å². The van der Waals surface area contributed by atoms with Crippen molar-refractivity contribution in [3.63, 3.8) is 0 Å². The van der Waals surface area contributed by atoms with Crippen molar-refractivity contribution in [3.05, 3.63) is 140 Å². The number of ether oxygens (including phenoxy) is 1. The zero-order valence-corrected chi connectivity index (χ0v) is 20.3. The summed E-state index contributed by atoms with van der Waals surface area (Å²) in [6.45, 7) is 1.22. The average molecular weight is 536 g/mol. The first-order chi connectivity index (χ1) is 15.2. The Labute approximate surface area is 201 Å². The Kier molecular flexibility index (Phi) is 7.74. The minimum atomic E-state index is 0.160. The molecule has 1 nitrogen and oxygen atoms in total. The van der Waals surface area contributed by atoms with Crippen molar-refractivity contribution in [2.45, 2.75) is 11.8 Å². The Hall–Kier alpha value is -2.20. The maximum Gasteiger partial charge on any atom is 0.0576 e. The Morgan fingerprint density at radius 3 is 1.23 bits per heavy atom. The lowest BCUT2D eigenvalue weighted by Gasteiger charge is -2.23. The summed E-state index contributed by atoms with van der Waals surface area (Å²) in [6, 6.07) is 38.0. The van der Waals surface area contributed by atoms with Crippen molar-refractivity contribution in [2.24, 2.45) is 0 Å².